The number of nitrogens with zero attached hydrogens (tertiary/aromatic N) is 4. The van der Waals surface area contributed by atoms with Crippen LogP contribution in [0.25, 0.3) is 11.4 Å². The van der Waals surface area contributed by atoms with Crippen LogP contribution < -0.4 is 15.5 Å². The molecule has 1 amide bonds. The zero-order chi connectivity index (χ0) is 28.3. The number of nitrogens with one attached hydrogen (secondary N) is 2. The third kappa shape index (κ3) is 6.15. The Morgan fingerprint density at radius 1 is 1.02 bits per heavy atom. The van der Waals surface area contributed by atoms with Gasteiger partial charge in [0.15, 0.2) is 0 Å². The summed E-state index contributed by atoms with van der Waals surface area (Å²) in [6.07, 6.45) is 2.17. The fraction of sp³-hybridized carbons (Fsp3) is 0.414. The molecule has 3 aromatic rings. The Bertz CT molecular complexity index is 1380. The number of ether oxygens (including phenoxy) is 2. The van der Waals surface area contributed by atoms with E-state index in [0.29, 0.717) is 30.3 Å². The summed E-state index contributed by atoms with van der Waals surface area (Å²) in [5, 5.41) is 18.0. The van der Waals surface area contributed by atoms with Gasteiger partial charge in [-0.25, -0.2) is 14.8 Å². The second-order valence-corrected chi connectivity index (χ2v) is 11.1. The molecule has 0 radical (unpaired) electrons. The summed E-state index contributed by atoms with van der Waals surface area (Å²) in [7, 11) is 0. The number of rotatable bonds is 7. The maximum Gasteiger partial charge on any atom is 0.408 e. The Balaban J connectivity index is 1.36. The van der Waals surface area contributed by atoms with Crippen molar-refractivity contribution in [2.24, 2.45) is 0 Å². The van der Waals surface area contributed by atoms with Crippen molar-refractivity contribution in [3.63, 3.8) is 0 Å². The van der Waals surface area contributed by atoms with E-state index in [0.717, 1.165) is 43.7 Å². The first-order valence-electron chi connectivity index (χ1n) is 13.5. The van der Waals surface area contributed by atoms with Gasteiger partial charge < -0.3 is 25.0 Å². The SMILES string of the molecule is CC(C)(C)OC(=O)NC1(c2ccc(Nc3nc(-c4cccc(N5CCOCC5)n4)ccc3[N+](=O)[O-])cc2)CCC1. The molecule has 0 atom stereocenters. The van der Waals surface area contributed by atoms with Crippen molar-refractivity contribution in [3.8, 4) is 11.4 Å². The number of amides is 1. The maximum atomic E-state index is 12.5. The van der Waals surface area contributed by atoms with Crippen molar-refractivity contribution in [1.29, 1.82) is 0 Å². The number of hydrogen-bond donors (Lipinski definition) is 2. The normalized spacial score (nSPS) is 16.5. The molecule has 3 heterocycles. The van der Waals surface area contributed by atoms with Crippen LogP contribution in [-0.2, 0) is 15.0 Å². The van der Waals surface area contributed by atoms with Crippen LogP contribution in [0.2, 0.25) is 0 Å². The molecule has 2 aromatic heterocycles. The number of carbonyl (C=O) groups is 1. The summed E-state index contributed by atoms with van der Waals surface area (Å²) in [6.45, 7) is 8.29. The van der Waals surface area contributed by atoms with Gasteiger partial charge in [-0.1, -0.05) is 18.2 Å². The molecule has 2 fully saturated rings. The van der Waals surface area contributed by atoms with E-state index >= 15 is 0 Å². The van der Waals surface area contributed by atoms with Crippen molar-refractivity contribution in [3.05, 3.63) is 70.3 Å². The van der Waals surface area contributed by atoms with Gasteiger partial charge in [-0.2, -0.15) is 0 Å². The number of morpholine rings is 1. The first kappa shape index (κ1) is 27.3. The molecule has 1 aliphatic carbocycles. The zero-order valence-corrected chi connectivity index (χ0v) is 23.0. The summed E-state index contributed by atoms with van der Waals surface area (Å²) in [5.74, 6) is 0.940. The molecule has 1 aromatic carbocycles. The number of carbonyl (C=O) groups excluding carboxylic acids is 1. The van der Waals surface area contributed by atoms with Crippen molar-refractivity contribution in [2.75, 3.05) is 36.5 Å². The topological polar surface area (TPSA) is 132 Å². The zero-order valence-electron chi connectivity index (χ0n) is 23.0. The predicted molar refractivity (Wildman–Crippen MR) is 152 cm³/mol. The van der Waals surface area contributed by atoms with Gasteiger partial charge in [0.25, 0.3) is 0 Å². The Morgan fingerprint density at radius 2 is 1.73 bits per heavy atom. The third-order valence-electron chi connectivity index (χ3n) is 7.05. The first-order valence-corrected chi connectivity index (χ1v) is 13.5. The van der Waals surface area contributed by atoms with Gasteiger partial charge in [0.2, 0.25) is 5.82 Å². The van der Waals surface area contributed by atoms with E-state index in [1.165, 1.54) is 6.07 Å². The van der Waals surface area contributed by atoms with E-state index in [1.54, 1.807) is 6.07 Å². The van der Waals surface area contributed by atoms with E-state index in [4.69, 9.17) is 14.5 Å². The molecule has 0 bridgehead atoms. The number of hydrogen-bond acceptors (Lipinski definition) is 9. The van der Waals surface area contributed by atoms with Crippen LogP contribution in [-0.4, -0.2) is 52.9 Å². The molecule has 0 spiro atoms. The Labute approximate surface area is 233 Å². The quantitative estimate of drug-likeness (QED) is 0.290. The molecular formula is C29H34N6O5. The first-order chi connectivity index (χ1) is 19.1. The highest BCUT2D eigenvalue weighted by atomic mass is 16.6. The monoisotopic (exact) mass is 546 g/mol. The maximum absolute atomic E-state index is 12.5. The fourth-order valence-corrected chi connectivity index (χ4v) is 4.89. The Hall–Kier alpha value is -4.25. The Morgan fingerprint density at radius 3 is 2.35 bits per heavy atom. The number of benzene rings is 1. The van der Waals surface area contributed by atoms with Gasteiger partial charge in [-0.3, -0.25) is 10.1 Å². The summed E-state index contributed by atoms with van der Waals surface area (Å²) in [5.41, 5.74) is 1.53. The molecule has 0 unspecified atom stereocenters. The minimum absolute atomic E-state index is 0.124. The lowest BCUT2D eigenvalue weighted by molar-refractivity contribution is -0.384. The molecule has 40 heavy (non-hydrogen) atoms. The van der Waals surface area contributed by atoms with Gasteiger partial charge in [-0.05, 0) is 75.9 Å². The van der Waals surface area contributed by atoms with Crippen molar-refractivity contribution >= 4 is 29.1 Å². The van der Waals surface area contributed by atoms with Crippen LogP contribution in [0.15, 0.2) is 54.6 Å². The van der Waals surface area contributed by atoms with Crippen molar-refractivity contribution < 1.29 is 19.2 Å². The third-order valence-corrected chi connectivity index (χ3v) is 7.05. The van der Waals surface area contributed by atoms with Crippen LogP contribution in [0.5, 0.6) is 0 Å². The lowest BCUT2D eigenvalue weighted by Crippen LogP contribution is -2.52. The molecule has 2 aliphatic rings. The predicted octanol–water partition coefficient (Wildman–Crippen LogP) is 5.54. The van der Waals surface area contributed by atoms with E-state index in [-0.39, 0.29) is 11.5 Å². The van der Waals surface area contributed by atoms with Crippen molar-refractivity contribution in [2.45, 2.75) is 51.2 Å². The van der Waals surface area contributed by atoms with Gasteiger partial charge >= 0.3 is 11.8 Å². The number of pyridine rings is 2. The lowest BCUT2D eigenvalue weighted by Gasteiger charge is -2.43. The molecule has 1 saturated carbocycles. The number of aromatic nitrogens is 2. The molecule has 11 heteroatoms. The molecule has 210 valence electrons. The molecule has 1 aliphatic heterocycles. The highest BCUT2D eigenvalue weighted by Crippen LogP contribution is 2.42. The highest BCUT2D eigenvalue weighted by Gasteiger charge is 2.41. The van der Waals surface area contributed by atoms with Gasteiger partial charge in [0.05, 0.1) is 35.1 Å². The van der Waals surface area contributed by atoms with Crippen LogP contribution in [0.4, 0.5) is 27.8 Å². The van der Waals surface area contributed by atoms with E-state index in [9.17, 15) is 14.9 Å². The van der Waals surface area contributed by atoms with Crippen LogP contribution >= 0.6 is 0 Å². The summed E-state index contributed by atoms with van der Waals surface area (Å²) < 4.78 is 10.9. The number of anilines is 3. The average Bonchev–Trinajstić information content (AvgIpc) is 2.91. The van der Waals surface area contributed by atoms with Crippen LogP contribution in [0.3, 0.4) is 0 Å². The van der Waals surface area contributed by atoms with Crippen LogP contribution in [0.1, 0.15) is 45.6 Å². The van der Waals surface area contributed by atoms with Gasteiger partial charge in [0, 0.05) is 24.8 Å². The molecule has 1 saturated heterocycles. The van der Waals surface area contributed by atoms with Gasteiger partial charge in [0.1, 0.15) is 11.4 Å². The second-order valence-electron chi connectivity index (χ2n) is 11.1. The summed E-state index contributed by atoms with van der Waals surface area (Å²) >= 11 is 0. The number of nitro groups is 1. The second kappa shape index (κ2) is 11.1. The minimum Gasteiger partial charge on any atom is -0.444 e. The lowest BCUT2D eigenvalue weighted by atomic mass is 9.72. The molecule has 11 nitrogen and oxygen atoms in total. The summed E-state index contributed by atoms with van der Waals surface area (Å²) in [6, 6.07) is 16.2. The average molecular weight is 547 g/mol. The van der Waals surface area contributed by atoms with E-state index in [2.05, 4.69) is 20.5 Å². The smallest absolute Gasteiger partial charge is 0.408 e. The number of alkyl carbamates (subject to hydrolysis) is 1. The molecule has 2 N–H and O–H groups in total. The van der Waals surface area contributed by atoms with Crippen molar-refractivity contribution in [1.82, 2.24) is 15.3 Å². The molecule has 5 rings (SSSR count). The fourth-order valence-electron chi connectivity index (χ4n) is 4.89. The van der Waals surface area contributed by atoms with E-state index < -0.39 is 22.2 Å². The molecular weight excluding hydrogens is 512 g/mol. The standard InChI is InChI=1S/C29H34N6O5/c1-28(2,3)40-27(36)33-29(14-5-15-29)20-8-10-21(11-9-20)30-26-24(35(37)38)13-12-23(32-26)22-6-4-7-25(31-22)34-16-18-39-19-17-34/h4,6-13H,5,14-19H2,1-3H3,(H,30,32)(H,33,36). The highest BCUT2D eigenvalue weighted by molar-refractivity contribution is 5.71. The largest absolute Gasteiger partial charge is 0.444 e. The Kier molecular flexibility index (Phi) is 7.57. The van der Waals surface area contributed by atoms with Crippen LogP contribution in [0, 0.1) is 10.1 Å². The summed E-state index contributed by atoms with van der Waals surface area (Å²) in [4.78, 5) is 35.3. The van der Waals surface area contributed by atoms with Gasteiger partial charge in [-0.15, -0.1) is 0 Å². The van der Waals surface area contributed by atoms with E-state index in [1.807, 2.05) is 63.2 Å². The minimum atomic E-state index is -0.585.